The van der Waals surface area contributed by atoms with Crippen LogP contribution in [0.25, 0.3) is 6.08 Å². The first kappa shape index (κ1) is 18.3. The van der Waals surface area contributed by atoms with E-state index in [4.69, 9.17) is 4.74 Å². The summed E-state index contributed by atoms with van der Waals surface area (Å²) in [5.74, 6) is 0.679. The number of ether oxygens (including phenoxy) is 1. The van der Waals surface area contributed by atoms with Gasteiger partial charge in [-0.25, -0.2) is 0 Å². The van der Waals surface area contributed by atoms with Crippen molar-refractivity contribution < 1.29 is 24.2 Å². The van der Waals surface area contributed by atoms with Crippen molar-refractivity contribution in [3.63, 3.8) is 0 Å². The molecule has 0 atom stereocenters. The van der Waals surface area contributed by atoms with E-state index in [1.54, 1.807) is 30.3 Å². The van der Waals surface area contributed by atoms with Gasteiger partial charge in [0.2, 0.25) is 0 Å². The fourth-order valence-corrected chi connectivity index (χ4v) is 1.70. The van der Waals surface area contributed by atoms with Gasteiger partial charge in [0.05, 0.1) is 12.0 Å². The highest BCUT2D eigenvalue weighted by Gasteiger charge is 2.65. The average molecular weight is 340 g/mol. The lowest BCUT2D eigenvalue weighted by Gasteiger charge is -2.41. The lowest BCUT2D eigenvalue weighted by Crippen LogP contribution is -2.05. The van der Waals surface area contributed by atoms with Crippen molar-refractivity contribution in [3.8, 4) is 5.75 Å². The summed E-state index contributed by atoms with van der Waals surface area (Å²) >= 11 is 0. The third-order valence-corrected chi connectivity index (χ3v) is 4.20. The van der Waals surface area contributed by atoms with E-state index in [0.29, 0.717) is 24.3 Å². The van der Waals surface area contributed by atoms with Crippen molar-refractivity contribution in [2.75, 3.05) is 7.11 Å². The Kier molecular flexibility index (Phi) is 4.54. The molecule has 0 saturated heterocycles. The second-order valence-corrected chi connectivity index (χ2v) is 7.35. The summed E-state index contributed by atoms with van der Waals surface area (Å²) in [5.41, 5.74) is 1.22. The van der Waals surface area contributed by atoms with Crippen molar-refractivity contribution >= 4 is 16.3 Å². The van der Waals surface area contributed by atoms with E-state index in [9.17, 15) is 19.4 Å². The van der Waals surface area contributed by atoms with Gasteiger partial charge >= 0.3 is 10.2 Å². The maximum atomic E-state index is 12.5. The Morgan fingerprint density at radius 2 is 1.50 bits per heavy atom. The van der Waals surface area contributed by atoms with Gasteiger partial charge in [0.25, 0.3) is 0 Å². The van der Waals surface area contributed by atoms with Gasteiger partial charge in [-0.1, -0.05) is 55.4 Å². The van der Waals surface area contributed by atoms with Crippen LogP contribution in [0.4, 0.5) is 19.4 Å². The molecule has 0 heterocycles. The lowest BCUT2D eigenvalue weighted by atomic mass is 10.1. The van der Waals surface area contributed by atoms with Crippen LogP contribution >= 0.6 is 10.2 Å². The Morgan fingerprint density at radius 1 is 0.955 bits per heavy atom. The number of hydrogen-bond donors (Lipinski definition) is 0. The monoisotopic (exact) mass is 340 g/mol. The highest BCUT2D eigenvalue weighted by atomic mass is 32.5. The van der Waals surface area contributed by atoms with E-state index >= 15 is 0 Å². The van der Waals surface area contributed by atoms with Crippen LogP contribution in [0.1, 0.15) is 19.4 Å². The molecule has 0 N–H and O–H groups in total. The second-order valence-electron chi connectivity index (χ2n) is 4.76. The lowest BCUT2D eigenvalue weighted by molar-refractivity contribution is 0.378. The molecule has 0 saturated carbocycles. The summed E-state index contributed by atoms with van der Waals surface area (Å²) in [5, 5.41) is 0. The number of hydrogen-bond acceptors (Lipinski definition) is 1. The molecule has 22 heavy (non-hydrogen) atoms. The topological polar surface area (TPSA) is 9.23 Å². The zero-order valence-electron chi connectivity index (χ0n) is 12.3. The van der Waals surface area contributed by atoms with E-state index in [1.807, 2.05) is 0 Å². The zero-order valence-corrected chi connectivity index (χ0v) is 13.1. The minimum absolute atomic E-state index is 0.374. The molecule has 7 heteroatoms. The van der Waals surface area contributed by atoms with Crippen LogP contribution in [0.5, 0.6) is 5.75 Å². The molecule has 1 aromatic carbocycles. The fourth-order valence-electron chi connectivity index (χ4n) is 1.38. The van der Waals surface area contributed by atoms with Crippen molar-refractivity contribution in [1.29, 1.82) is 0 Å². The van der Waals surface area contributed by atoms with Gasteiger partial charge in [0.15, 0.2) is 0 Å². The summed E-state index contributed by atoms with van der Waals surface area (Å²) < 4.78 is 67.3. The van der Waals surface area contributed by atoms with Gasteiger partial charge in [-0.05, 0) is 37.6 Å². The number of benzene rings is 1. The second kappa shape index (κ2) is 5.46. The molecule has 0 aliphatic carbocycles. The number of halogens is 5. The predicted octanol–water partition coefficient (Wildman–Crippen LogP) is 6.86. The summed E-state index contributed by atoms with van der Waals surface area (Å²) in [4.78, 5) is -1.86. The molecule has 1 aromatic rings. The Labute approximate surface area is 126 Å². The van der Waals surface area contributed by atoms with Crippen LogP contribution < -0.4 is 4.74 Å². The molecule has 0 radical (unpaired) electrons. The van der Waals surface area contributed by atoms with E-state index < -0.39 is 15.1 Å². The molecular formula is C15H17F5OS. The van der Waals surface area contributed by atoms with E-state index in [-0.39, 0.29) is 0 Å². The molecule has 0 fully saturated rings. The molecule has 0 bridgehead atoms. The molecule has 0 aromatic heterocycles. The van der Waals surface area contributed by atoms with Gasteiger partial charge in [-0.2, -0.15) is 0 Å². The Balaban J connectivity index is 2.88. The van der Waals surface area contributed by atoms with Crippen LogP contribution in [0.2, 0.25) is 0 Å². The Morgan fingerprint density at radius 3 is 1.95 bits per heavy atom. The molecule has 0 aliphatic heterocycles. The first-order valence-corrected chi connectivity index (χ1v) is 8.18. The van der Waals surface area contributed by atoms with Gasteiger partial charge < -0.3 is 4.74 Å². The van der Waals surface area contributed by atoms with Crippen molar-refractivity contribution in [3.05, 3.63) is 58.5 Å². The largest absolute Gasteiger partial charge is 0.497 e. The van der Waals surface area contributed by atoms with E-state index in [2.05, 4.69) is 0 Å². The molecule has 1 rings (SSSR count). The zero-order chi connectivity index (χ0) is 17.1. The van der Waals surface area contributed by atoms with Crippen molar-refractivity contribution in [2.45, 2.75) is 13.8 Å². The first-order valence-electron chi connectivity index (χ1n) is 6.23. The molecule has 0 spiro atoms. The SMILES string of the molecule is COc1ccc(/C=C/C(C)=C/C=C(\C)S(F)(F)(F)(F)F)cc1. The van der Waals surface area contributed by atoms with Crippen LogP contribution in [-0.4, -0.2) is 7.11 Å². The number of allylic oxidation sites excluding steroid dienone is 5. The molecule has 0 unspecified atom stereocenters. The maximum absolute atomic E-state index is 12.5. The molecule has 0 aliphatic rings. The first-order chi connectivity index (χ1) is 9.81. The standard InChI is InChI=1S/C15H17F5OS/c1-12(4-6-13(2)22(16,17,18,19)20)5-7-14-8-10-15(21-3)11-9-14/h4-11H,1-3H3/b7-5+,12-4+,13-6+. The molecule has 1 nitrogen and oxygen atoms in total. The summed E-state index contributed by atoms with van der Waals surface area (Å²) in [6.45, 7) is 1.90. The van der Waals surface area contributed by atoms with Crippen LogP contribution in [0.15, 0.2) is 53.0 Å². The number of rotatable bonds is 5. The smallest absolute Gasteiger partial charge is 0.306 e. The average Bonchev–Trinajstić information content (AvgIpc) is 2.40. The maximum Gasteiger partial charge on any atom is 0.306 e. The van der Waals surface area contributed by atoms with Crippen LogP contribution in [0, 0.1) is 0 Å². The third-order valence-electron chi connectivity index (χ3n) is 2.84. The highest BCUT2D eigenvalue weighted by molar-refractivity contribution is 8.48. The van der Waals surface area contributed by atoms with Gasteiger partial charge in [0.1, 0.15) is 5.75 Å². The minimum atomic E-state index is -9.55. The quantitative estimate of drug-likeness (QED) is 0.420. The molecule has 124 valence electrons. The molecular weight excluding hydrogens is 323 g/mol. The fraction of sp³-hybridized carbons (Fsp3) is 0.200. The number of methoxy groups -OCH3 is 1. The van der Waals surface area contributed by atoms with Gasteiger partial charge in [0, 0.05) is 0 Å². The highest BCUT2D eigenvalue weighted by Crippen LogP contribution is 3.02. The molecule has 0 amide bonds. The minimum Gasteiger partial charge on any atom is -0.497 e. The van der Waals surface area contributed by atoms with E-state index in [1.165, 1.54) is 20.1 Å². The van der Waals surface area contributed by atoms with E-state index in [0.717, 1.165) is 11.6 Å². The summed E-state index contributed by atoms with van der Waals surface area (Å²) in [7, 11) is -8.01. The summed E-state index contributed by atoms with van der Waals surface area (Å²) in [6.07, 6.45) is 4.60. The van der Waals surface area contributed by atoms with Crippen molar-refractivity contribution in [2.24, 2.45) is 0 Å². The Bertz CT molecular complexity index is 624. The normalized spacial score (nSPS) is 17.3. The summed E-state index contributed by atoms with van der Waals surface area (Å²) in [6, 6.07) is 6.99. The van der Waals surface area contributed by atoms with Crippen molar-refractivity contribution in [1.82, 2.24) is 0 Å². The van der Waals surface area contributed by atoms with Crippen LogP contribution in [-0.2, 0) is 0 Å². The van der Waals surface area contributed by atoms with Crippen LogP contribution in [0.3, 0.4) is 0 Å². The van der Waals surface area contributed by atoms with Gasteiger partial charge in [-0.15, -0.1) is 0 Å². The van der Waals surface area contributed by atoms with Gasteiger partial charge in [-0.3, -0.25) is 0 Å². The third kappa shape index (κ3) is 5.93. The predicted molar refractivity (Wildman–Crippen MR) is 82.7 cm³/mol. The Hall–Kier alpha value is -1.76.